The lowest BCUT2D eigenvalue weighted by Gasteiger charge is -2.32. The molecule has 2 unspecified atom stereocenters. The predicted molar refractivity (Wildman–Crippen MR) is 313 cm³/mol. The summed E-state index contributed by atoms with van der Waals surface area (Å²) < 4.78 is 21.7. The van der Waals surface area contributed by atoms with Crippen LogP contribution in [0, 0.1) is 83.1 Å². The van der Waals surface area contributed by atoms with E-state index in [4.69, 9.17) is 37.7 Å². The Hall–Kier alpha value is -6.52. The summed E-state index contributed by atoms with van der Waals surface area (Å²) in [5.74, 6) is -1.16. The number of carbonyl (C=O) groups is 8. The van der Waals surface area contributed by atoms with Gasteiger partial charge in [0.05, 0.1) is 17.0 Å². The monoisotopic (exact) mass is 1100 g/mol. The van der Waals surface area contributed by atoms with Gasteiger partial charge < -0.3 is 49.1 Å². The fraction of sp³-hybridized carbons (Fsp3) is 0.557. The second-order valence-electron chi connectivity index (χ2n) is 23.4. The maximum absolute atomic E-state index is 12.8. The molecule has 0 spiro atoms. The number of hydrogen-bond donors (Lipinski definition) is 2. The van der Waals surface area contributed by atoms with E-state index in [0.29, 0.717) is 17.2 Å². The molecule has 0 fully saturated rings. The first kappa shape index (κ1) is 71.5. The summed E-state index contributed by atoms with van der Waals surface area (Å²) in [7, 11) is 17.5. The third-order valence-electron chi connectivity index (χ3n) is 15.0. The first-order valence-electron chi connectivity index (χ1n) is 26.4. The van der Waals surface area contributed by atoms with Crippen molar-refractivity contribution in [1.29, 1.82) is 0 Å². The molecule has 19 heteroatoms. The van der Waals surface area contributed by atoms with Gasteiger partial charge in [0.25, 0.3) is 0 Å². The normalized spacial score (nSPS) is 12.5. The lowest BCUT2D eigenvalue weighted by Crippen LogP contribution is -2.51. The van der Waals surface area contributed by atoms with Crippen LogP contribution in [0.15, 0.2) is 4.99 Å². The molecule has 0 aliphatic carbocycles. The van der Waals surface area contributed by atoms with Crippen LogP contribution in [0.2, 0.25) is 0 Å². The maximum atomic E-state index is 12.8. The highest BCUT2D eigenvalue weighted by atomic mass is 16.6. The van der Waals surface area contributed by atoms with Crippen LogP contribution in [-0.4, -0.2) is 101 Å². The lowest BCUT2D eigenvalue weighted by atomic mass is 9.72. The van der Waals surface area contributed by atoms with E-state index in [-0.39, 0.29) is 31.1 Å². The van der Waals surface area contributed by atoms with Gasteiger partial charge in [0.15, 0.2) is 23.5 Å². The Kier molecular flexibility index (Phi) is 25.3. The Labute approximate surface area is 479 Å². The first-order chi connectivity index (χ1) is 36.2. The van der Waals surface area contributed by atoms with Crippen molar-refractivity contribution in [3.05, 3.63) is 83.5 Å². The summed E-state index contributed by atoms with van der Waals surface area (Å²) >= 11 is 0. The molecular formula is C61H85B3N3O13-. The highest BCUT2D eigenvalue weighted by molar-refractivity contribution is 6.58. The molecule has 0 bridgehead atoms. The minimum Gasteiger partial charge on any atom is -0.604 e. The molecule has 3 aromatic carbocycles. The van der Waals surface area contributed by atoms with Gasteiger partial charge in [0.1, 0.15) is 41.0 Å². The van der Waals surface area contributed by atoms with Crippen LogP contribution in [0.25, 0.3) is 0 Å². The molecule has 0 aromatic heterocycles. The number of hydrogen-bond acceptors (Lipinski definition) is 14. The molecule has 3 aromatic rings. The fourth-order valence-electron chi connectivity index (χ4n) is 9.95. The topological polar surface area (TPSA) is 233 Å². The predicted octanol–water partition coefficient (Wildman–Crippen LogP) is 7.76. The van der Waals surface area contributed by atoms with Crippen molar-refractivity contribution in [1.82, 2.24) is 10.6 Å². The van der Waals surface area contributed by atoms with Gasteiger partial charge in [-0.15, -0.1) is 0 Å². The zero-order valence-electron chi connectivity index (χ0n) is 52.3. The van der Waals surface area contributed by atoms with Crippen molar-refractivity contribution < 1.29 is 62.4 Å². The number of carbonyl (C=O) groups excluding carboxylic acids is 8. The molecule has 80 heavy (non-hydrogen) atoms. The lowest BCUT2D eigenvalue weighted by molar-refractivity contribution is -0.248. The molecule has 16 nitrogen and oxygen atoms in total. The van der Waals surface area contributed by atoms with E-state index in [1.165, 1.54) is 27.9 Å². The van der Waals surface area contributed by atoms with Gasteiger partial charge in [0.2, 0.25) is 11.8 Å². The molecule has 3 rings (SSSR count). The van der Waals surface area contributed by atoms with Crippen LogP contribution in [0.1, 0.15) is 186 Å². The van der Waals surface area contributed by atoms with Crippen LogP contribution in [0.5, 0.6) is 17.2 Å². The SMILES string of the molecule is [B]C(=O)CC(C)(C)c1c(C)c(C)c(C)c(C)c1OC(=O)C(C)(C)NC(C)=O.[B]C(=O)CC(C)(C)c1c(C)c(C)c(C)c(C)c1OC(=O)C(C)N=C([O-])OC.[B]C(=O)CC(C)(C)c1c(C)c(C)c(C)c(C)c1OC(=O)C(C)NC(C)=O. The van der Waals surface area contributed by atoms with Crippen LogP contribution in [0.4, 0.5) is 0 Å². The summed E-state index contributed by atoms with van der Waals surface area (Å²) in [4.78, 5) is 98.8. The van der Waals surface area contributed by atoms with Crippen LogP contribution in [0.3, 0.4) is 0 Å². The van der Waals surface area contributed by atoms with Crippen LogP contribution in [-0.2, 0) is 59.3 Å². The maximum Gasteiger partial charge on any atom is 0.336 e. The Balaban J connectivity index is 0.000000600. The van der Waals surface area contributed by atoms with Crippen molar-refractivity contribution in [3.63, 3.8) is 0 Å². The van der Waals surface area contributed by atoms with Crippen molar-refractivity contribution in [2.75, 3.05) is 7.11 Å². The van der Waals surface area contributed by atoms with Gasteiger partial charge in [-0.1, -0.05) is 41.5 Å². The second-order valence-corrected chi connectivity index (χ2v) is 23.4. The molecule has 432 valence electrons. The van der Waals surface area contributed by atoms with E-state index in [1.54, 1.807) is 20.8 Å². The van der Waals surface area contributed by atoms with Crippen molar-refractivity contribution in [3.8, 4) is 17.2 Å². The standard InChI is InChI=1S/C21H30BNO4.C20H28BNO5.C20H28BNO4/c1-11-12(2)14(4)18(27-19(26)21(8,9)23-15(5)24)17(13(11)3)20(6,7)10-16(22)25;1-10-11(2)13(4)17(27-18(24)14(5)22-19(25)26-8)16(12(10)3)20(6,7)9-15(21)23;1-10-11(2)13(4)18(26-19(25)14(5)22-15(6)23)17(12(10)3)20(7,8)9-16(21)24/h10H2,1-9H3,(H,23,24);14H,9H2,1-8H3,(H,22,25);14H,9H2,1-8H3,(H,22,23)/p-1. The second kappa shape index (κ2) is 28.3. The quantitative estimate of drug-likeness (QED) is 0.0408. The molecule has 6 radical (unpaired) electrons. The number of aliphatic imine (C=N–C) groups is 1. The minimum absolute atomic E-state index is 0.0996. The van der Waals surface area contributed by atoms with E-state index in [9.17, 15) is 43.5 Å². The molecule has 0 aliphatic heterocycles. The Morgan fingerprint density at radius 1 is 0.475 bits per heavy atom. The van der Waals surface area contributed by atoms with Gasteiger partial charge >= 0.3 is 17.9 Å². The molecule has 2 atom stereocenters. The van der Waals surface area contributed by atoms with Crippen molar-refractivity contribution in [2.45, 2.75) is 219 Å². The van der Waals surface area contributed by atoms with E-state index < -0.39 is 74.9 Å². The molecule has 0 heterocycles. The van der Waals surface area contributed by atoms with E-state index in [2.05, 4.69) is 20.4 Å². The summed E-state index contributed by atoms with van der Waals surface area (Å²) in [5.41, 5.74) is 9.59. The third-order valence-corrected chi connectivity index (χ3v) is 15.0. The van der Waals surface area contributed by atoms with Gasteiger partial charge in [-0.05, 0) is 201 Å². The highest BCUT2D eigenvalue weighted by Gasteiger charge is 2.37. The zero-order chi connectivity index (χ0) is 62.8. The van der Waals surface area contributed by atoms with Crippen LogP contribution >= 0.6 is 0 Å². The van der Waals surface area contributed by atoms with Crippen molar-refractivity contribution >= 4 is 76.4 Å². The number of ether oxygens (including phenoxy) is 4. The Bertz CT molecular complexity index is 2950. The molecular weight excluding hydrogens is 1020 g/mol. The first-order valence-corrected chi connectivity index (χ1v) is 26.4. The number of methoxy groups -OCH3 is 1. The van der Waals surface area contributed by atoms with E-state index >= 15 is 0 Å². The highest BCUT2D eigenvalue weighted by Crippen LogP contribution is 2.45. The molecule has 0 aliphatic rings. The largest absolute Gasteiger partial charge is 0.604 e. The number of rotatable bonds is 18. The van der Waals surface area contributed by atoms with Gasteiger partial charge in [-0.3, -0.25) is 14.6 Å². The number of esters is 3. The average Bonchev–Trinajstić information content (AvgIpc) is 3.30. The van der Waals surface area contributed by atoms with Crippen LogP contribution < -0.4 is 30.0 Å². The number of amides is 2. The number of benzene rings is 3. The smallest absolute Gasteiger partial charge is 0.336 e. The summed E-state index contributed by atoms with van der Waals surface area (Å²) in [6, 6.07) is -1.80. The molecule has 0 saturated heterocycles. The fourth-order valence-corrected chi connectivity index (χ4v) is 9.95. The Morgan fingerprint density at radius 3 is 1.04 bits per heavy atom. The summed E-state index contributed by atoms with van der Waals surface area (Å²) in [5, 5.41) is 16.4. The van der Waals surface area contributed by atoms with E-state index in [1.807, 2.05) is 125 Å². The van der Waals surface area contributed by atoms with Gasteiger partial charge in [-0.2, -0.15) is 0 Å². The van der Waals surface area contributed by atoms with Gasteiger partial charge in [0, 0.05) is 49.8 Å². The minimum atomic E-state index is -1.18. The summed E-state index contributed by atoms with van der Waals surface area (Å²) in [6.45, 7) is 43.7. The van der Waals surface area contributed by atoms with E-state index in [0.717, 1.165) is 83.5 Å². The average molecular weight is 1100 g/mol. The van der Waals surface area contributed by atoms with Gasteiger partial charge in [-0.25, -0.2) is 14.4 Å². The van der Waals surface area contributed by atoms with Crippen molar-refractivity contribution in [2.24, 2.45) is 4.99 Å². The molecule has 0 saturated carbocycles. The number of nitrogens with zero attached hydrogens (tertiary/aromatic N) is 1. The zero-order valence-corrected chi connectivity index (χ0v) is 52.3. The molecule has 2 amide bonds. The molecule has 2 N–H and O–H groups in total. The summed E-state index contributed by atoms with van der Waals surface area (Å²) in [6.07, 6.45) is -0.499. The number of nitrogens with one attached hydrogen (secondary N) is 2. The third kappa shape index (κ3) is 18.3. The Morgan fingerprint density at radius 2 is 0.762 bits per heavy atom.